The second-order valence-corrected chi connectivity index (χ2v) is 6.35. The number of rotatable bonds is 8. The van der Waals surface area contributed by atoms with Gasteiger partial charge in [0.25, 0.3) is 0 Å². The minimum atomic E-state index is -1.36. The SMILES string of the molecule is C=C(C)C(=O)C(CCN)([SiH2]OC)C(=O)C(=C)C. The van der Waals surface area contributed by atoms with E-state index in [1.54, 1.807) is 13.8 Å². The van der Waals surface area contributed by atoms with Crippen LogP contribution in [0, 0.1) is 0 Å². The van der Waals surface area contributed by atoms with Gasteiger partial charge >= 0.3 is 0 Å². The van der Waals surface area contributed by atoms with E-state index in [1.807, 2.05) is 0 Å². The Hall–Kier alpha value is -1.04. The number of carbonyl (C=O) groups is 2. The van der Waals surface area contributed by atoms with Gasteiger partial charge in [-0.05, 0) is 38.0 Å². The number of hydrogen-bond donors (Lipinski definition) is 1. The van der Waals surface area contributed by atoms with Crippen molar-refractivity contribution in [2.24, 2.45) is 5.73 Å². The van der Waals surface area contributed by atoms with Crippen LogP contribution in [0.15, 0.2) is 24.3 Å². The summed E-state index contributed by atoms with van der Waals surface area (Å²) in [6, 6.07) is 0. The lowest BCUT2D eigenvalue weighted by molar-refractivity contribution is -0.128. The van der Waals surface area contributed by atoms with Gasteiger partial charge in [0, 0.05) is 7.11 Å². The van der Waals surface area contributed by atoms with E-state index < -0.39 is 14.8 Å². The van der Waals surface area contributed by atoms with Crippen LogP contribution >= 0.6 is 0 Å². The fourth-order valence-corrected chi connectivity index (χ4v) is 3.55. The van der Waals surface area contributed by atoms with Gasteiger partial charge in [-0.3, -0.25) is 9.59 Å². The number of carbonyl (C=O) groups excluding carboxylic acids is 2. The molecule has 0 aliphatic rings. The summed E-state index contributed by atoms with van der Waals surface area (Å²) in [6.07, 6.45) is 0.296. The van der Waals surface area contributed by atoms with E-state index in [9.17, 15) is 9.59 Å². The van der Waals surface area contributed by atoms with Crippen LogP contribution in [0.25, 0.3) is 0 Å². The molecule has 0 rings (SSSR count). The van der Waals surface area contributed by atoms with Crippen LogP contribution in [0.3, 0.4) is 0 Å². The molecule has 5 heteroatoms. The minimum absolute atomic E-state index is 0.258. The molecule has 0 amide bonds. The summed E-state index contributed by atoms with van der Waals surface area (Å²) in [6.45, 7) is 10.7. The van der Waals surface area contributed by atoms with E-state index in [-0.39, 0.29) is 18.1 Å². The Bertz CT molecular complexity index is 316. The maximum absolute atomic E-state index is 12.2. The topological polar surface area (TPSA) is 69.4 Å². The zero-order chi connectivity index (χ0) is 13.6. The number of allylic oxidation sites excluding steroid dienone is 2. The lowest BCUT2D eigenvalue weighted by Crippen LogP contribution is -2.41. The lowest BCUT2D eigenvalue weighted by atomic mass is 9.87. The molecule has 17 heavy (non-hydrogen) atoms. The molecule has 0 aliphatic carbocycles. The van der Waals surface area contributed by atoms with Gasteiger partial charge in [-0.15, -0.1) is 0 Å². The van der Waals surface area contributed by atoms with E-state index in [2.05, 4.69) is 13.2 Å². The maximum atomic E-state index is 12.2. The normalized spacial score (nSPS) is 11.8. The molecule has 0 aromatic rings. The van der Waals surface area contributed by atoms with Crippen molar-refractivity contribution in [1.82, 2.24) is 0 Å². The van der Waals surface area contributed by atoms with Crippen molar-refractivity contribution in [3.8, 4) is 0 Å². The van der Waals surface area contributed by atoms with Gasteiger partial charge in [0.15, 0.2) is 21.3 Å². The highest BCUT2D eigenvalue weighted by atomic mass is 28.2. The smallest absolute Gasteiger partial charge is 0.183 e. The van der Waals surface area contributed by atoms with E-state index in [0.29, 0.717) is 17.6 Å². The zero-order valence-electron chi connectivity index (χ0n) is 10.8. The minimum Gasteiger partial charge on any atom is -0.426 e. The highest BCUT2D eigenvalue weighted by Crippen LogP contribution is 2.36. The molecule has 0 aliphatic heterocycles. The standard InChI is InChI=1S/C12H21NO3Si/c1-8(2)10(14)12(6-7-13,17-16-5)11(15)9(3)4/h1,3,6-7,13,17H2,2,4-5H3. The van der Waals surface area contributed by atoms with Gasteiger partial charge in [-0.2, -0.15) is 0 Å². The monoisotopic (exact) mass is 255 g/mol. The van der Waals surface area contributed by atoms with E-state index in [1.165, 1.54) is 7.11 Å². The van der Waals surface area contributed by atoms with Crippen LogP contribution in [-0.4, -0.2) is 35.0 Å². The summed E-state index contributed by atoms with van der Waals surface area (Å²) in [5.74, 6) is -0.520. The molecule has 0 heterocycles. The summed E-state index contributed by atoms with van der Waals surface area (Å²) in [4.78, 5) is 24.5. The van der Waals surface area contributed by atoms with Crippen LogP contribution in [0.1, 0.15) is 20.3 Å². The highest BCUT2D eigenvalue weighted by Gasteiger charge is 2.45. The fraction of sp³-hybridized carbons (Fsp3) is 0.500. The Labute approximate surface area is 105 Å². The van der Waals surface area contributed by atoms with E-state index in [4.69, 9.17) is 10.2 Å². The van der Waals surface area contributed by atoms with Crippen LogP contribution in [0.5, 0.6) is 0 Å². The van der Waals surface area contributed by atoms with Crippen molar-refractivity contribution in [2.75, 3.05) is 13.7 Å². The van der Waals surface area contributed by atoms with Gasteiger partial charge in [-0.1, -0.05) is 13.2 Å². The third-order valence-corrected chi connectivity index (χ3v) is 4.38. The molecule has 96 valence electrons. The first kappa shape index (κ1) is 16.0. The molecule has 0 bridgehead atoms. The first-order chi connectivity index (χ1) is 7.83. The molecule has 0 fully saturated rings. The molecule has 0 aromatic carbocycles. The third kappa shape index (κ3) is 3.46. The molecule has 0 saturated heterocycles. The molecule has 2 N–H and O–H groups in total. The molecule has 0 radical (unpaired) electrons. The average molecular weight is 255 g/mol. The number of nitrogens with two attached hydrogens (primary N) is 1. The number of ketones is 2. The quantitative estimate of drug-likeness (QED) is 0.390. The van der Waals surface area contributed by atoms with Crippen molar-refractivity contribution < 1.29 is 14.0 Å². The van der Waals surface area contributed by atoms with Gasteiger partial charge in [0.2, 0.25) is 0 Å². The summed E-state index contributed by atoms with van der Waals surface area (Å²) in [7, 11) is 0.145. The first-order valence-electron chi connectivity index (χ1n) is 5.43. The second-order valence-electron chi connectivity index (χ2n) is 4.27. The van der Waals surface area contributed by atoms with Crippen LogP contribution in [0.2, 0.25) is 5.04 Å². The van der Waals surface area contributed by atoms with Crippen molar-refractivity contribution in [2.45, 2.75) is 25.3 Å². The average Bonchev–Trinajstić information content (AvgIpc) is 2.26. The first-order valence-corrected chi connectivity index (χ1v) is 6.71. The predicted octanol–water partition coefficient (Wildman–Crippen LogP) is 0.514. The highest BCUT2D eigenvalue weighted by molar-refractivity contribution is 6.54. The Balaban J connectivity index is 5.56. The lowest BCUT2D eigenvalue weighted by Gasteiger charge is -2.29. The maximum Gasteiger partial charge on any atom is 0.183 e. The Kier molecular flexibility index (Phi) is 6.23. The van der Waals surface area contributed by atoms with Gasteiger partial charge in [0.05, 0.1) is 0 Å². The van der Waals surface area contributed by atoms with Crippen molar-refractivity contribution in [3.63, 3.8) is 0 Å². The van der Waals surface area contributed by atoms with Crippen LogP contribution < -0.4 is 5.73 Å². The molecular formula is C12H21NO3Si. The van der Waals surface area contributed by atoms with Gasteiger partial charge in [0.1, 0.15) is 5.04 Å². The zero-order valence-corrected chi connectivity index (χ0v) is 12.3. The van der Waals surface area contributed by atoms with Crippen molar-refractivity contribution in [3.05, 3.63) is 24.3 Å². The van der Waals surface area contributed by atoms with E-state index in [0.717, 1.165) is 0 Å². The number of hydrogen-bond acceptors (Lipinski definition) is 4. The largest absolute Gasteiger partial charge is 0.426 e. The molecule has 4 nitrogen and oxygen atoms in total. The predicted molar refractivity (Wildman–Crippen MR) is 71.6 cm³/mol. The molecule has 0 aromatic heterocycles. The van der Waals surface area contributed by atoms with Gasteiger partial charge in [-0.25, -0.2) is 0 Å². The van der Waals surface area contributed by atoms with Crippen molar-refractivity contribution >= 4 is 21.3 Å². The molecule has 0 atom stereocenters. The Morgan fingerprint density at radius 3 is 1.88 bits per heavy atom. The summed E-state index contributed by atoms with van der Waals surface area (Å²) >= 11 is 0. The third-order valence-electron chi connectivity index (χ3n) is 2.61. The fourth-order valence-electron chi connectivity index (χ4n) is 1.84. The van der Waals surface area contributed by atoms with Crippen LogP contribution in [-0.2, 0) is 14.0 Å². The van der Waals surface area contributed by atoms with Crippen LogP contribution in [0.4, 0.5) is 0 Å². The summed E-state index contributed by atoms with van der Waals surface area (Å²) < 4.78 is 5.16. The van der Waals surface area contributed by atoms with Gasteiger partial charge < -0.3 is 10.2 Å². The summed E-state index contributed by atoms with van der Waals surface area (Å²) in [5, 5.41) is -1.12. The Morgan fingerprint density at radius 1 is 1.24 bits per heavy atom. The molecular weight excluding hydrogens is 234 g/mol. The molecule has 0 unspecified atom stereocenters. The van der Waals surface area contributed by atoms with Crippen molar-refractivity contribution in [1.29, 1.82) is 0 Å². The van der Waals surface area contributed by atoms with E-state index >= 15 is 0 Å². The summed E-state index contributed by atoms with van der Waals surface area (Å²) in [5.41, 5.74) is 6.24. The second kappa shape index (κ2) is 6.63. The Morgan fingerprint density at radius 2 is 1.65 bits per heavy atom. The molecule has 0 spiro atoms. The molecule has 0 saturated carbocycles. The number of Topliss-reactive ketones (excluding diaryl/α,β-unsaturated/α-hetero) is 2.